The molecule has 3 aliphatic rings. The molecule has 10 aromatic carbocycles. The van der Waals surface area contributed by atoms with Crippen LogP contribution in [0.2, 0.25) is 0 Å². The van der Waals surface area contributed by atoms with Crippen LogP contribution in [0.4, 0.5) is 17.1 Å². The van der Waals surface area contributed by atoms with Gasteiger partial charge in [-0.2, -0.15) is 0 Å². The summed E-state index contributed by atoms with van der Waals surface area (Å²) >= 11 is 0. The van der Waals surface area contributed by atoms with Gasteiger partial charge in [-0.15, -0.1) is 0 Å². The van der Waals surface area contributed by atoms with Crippen molar-refractivity contribution in [1.29, 1.82) is 0 Å². The quantitative estimate of drug-likeness (QED) is 0.168. The number of benzene rings is 10. The van der Waals surface area contributed by atoms with E-state index in [9.17, 15) is 0 Å². The lowest BCUT2D eigenvalue weighted by molar-refractivity contribution is 0.564. The summed E-state index contributed by atoms with van der Waals surface area (Å²) in [4.78, 5) is 2.50. The van der Waals surface area contributed by atoms with Crippen molar-refractivity contribution in [2.75, 3.05) is 4.90 Å². The van der Waals surface area contributed by atoms with Gasteiger partial charge in [0, 0.05) is 27.7 Å². The molecule has 0 fully saturated rings. The summed E-state index contributed by atoms with van der Waals surface area (Å²) in [6, 6.07) is 90.6. The maximum atomic E-state index is 2.64. The van der Waals surface area contributed by atoms with Crippen LogP contribution in [0.1, 0.15) is 38.9 Å². The molecule has 0 saturated heterocycles. The largest absolute Gasteiger partial charge is 0.322 e. The van der Waals surface area contributed by atoms with E-state index in [0.29, 0.717) is 0 Å². The van der Waals surface area contributed by atoms with Gasteiger partial charge in [0.1, 0.15) is 5.54 Å². The van der Waals surface area contributed by atoms with Crippen molar-refractivity contribution in [2.45, 2.75) is 11.0 Å². The second-order valence-corrected chi connectivity index (χ2v) is 17.5. The molecule has 0 radical (unpaired) electrons. The second kappa shape index (κ2) is 13.2. The summed E-state index contributed by atoms with van der Waals surface area (Å²) < 4.78 is 2.64. The highest BCUT2D eigenvalue weighted by molar-refractivity contribution is 6.11. The maximum Gasteiger partial charge on any atom is 0.122 e. The number of para-hydroxylation sites is 2. The molecule has 64 heavy (non-hydrogen) atoms. The Bertz CT molecular complexity index is 3600. The fourth-order valence-electron chi connectivity index (χ4n) is 12.3. The van der Waals surface area contributed by atoms with Crippen molar-refractivity contribution in [3.8, 4) is 33.4 Å². The number of fused-ring (bicyclic) bond motifs is 16. The molecule has 1 heterocycles. The standard InChI is InChI=1S/C62H40N2/c1-3-20-41(21-4-1)62(54-33-16-9-26-46(54)47-27-10-17-34-55(47)62)64-57-36-18-12-28-48(57)50-40-43(38-39-58(50)64)63(42-22-5-2-6-23-42)59-37-19-35-56-60(59)49-29-11-15-32-53(49)61(56)51-30-13-7-24-44(51)45-25-8-14-31-52(45)61/h1-40H. The van der Waals surface area contributed by atoms with Crippen LogP contribution in [0.25, 0.3) is 55.2 Å². The molecular weight excluding hydrogens is 773 g/mol. The number of aromatic nitrogens is 1. The lowest BCUT2D eigenvalue weighted by Crippen LogP contribution is -2.35. The van der Waals surface area contributed by atoms with E-state index in [2.05, 4.69) is 252 Å². The minimum Gasteiger partial charge on any atom is -0.322 e. The molecular formula is C62H40N2. The van der Waals surface area contributed by atoms with E-state index in [1.807, 2.05) is 0 Å². The van der Waals surface area contributed by atoms with Gasteiger partial charge in [-0.1, -0.05) is 200 Å². The molecule has 2 heteroatoms. The molecule has 0 N–H and O–H groups in total. The van der Waals surface area contributed by atoms with E-state index in [0.717, 1.165) is 17.1 Å². The third-order valence-electron chi connectivity index (χ3n) is 14.6. The highest BCUT2D eigenvalue weighted by Crippen LogP contribution is 2.65. The van der Waals surface area contributed by atoms with Gasteiger partial charge in [-0.25, -0.2) is 0 Å². The first-order chi connectivity index (χ1) is 31.8. The number of anilines is 3. The Kier molecular flexibility index (Phi) is 7.28. The number of rotatable bonds is 5. The van der Waals surface area contributed by atoms with Gasteiger partial charge >= 0.3 is 0 Å². The van der Waals surface area contributed by atoms with E-state index in [-0.39, 0.29) is 0 Å². The first kappa shape index (κ1) is 35.4. The summed E-state index contributed by atoms with van der Waals surface area (Å²) in [7, 11) is 0. The molecule has 0 unspecified atom stereocenters. The highest BCUT2D eigenvalue weighted by atomic mass is 15.1. The summed E-state index contributed by atoms with van der Waals surface area (Å²) in [6.07, 6.45) is 0. The molecule has 3 aliphatic carbocycles. The number of hydrogen-bond donors (Lipinski definition) is 0. The minimum atomic E-state index is -0.609. The molecule has 0 saturated carbocycles. The topological polar surface area (TPSA) is 8.17 Å². The van der Waals surface area contributed by atoms with Crippen LogP contribution in [0.3, 0.4) is 0 Å². The average molecular weight is 813 g/mol. The number of hydrogen-bond acceptors (Lipinski definition) is 1. The molecule has 1 aromatic heterocycles. The monoisotopic (exact) mass is 812 g/mol. The zero-order valence-corrected chi connectivity index (χ0v) is 35.0. The summed E-state index contributed by atoms with van der Waals surface area (Å²) in [6.45, 7) is 0. The number of nitrogens with zero attached hydrogens (tertiary/aromatic N) is 2. The van der Waals surface area contributed by atoms with Crippen molar-refractivity contribution in [1.82, 2.24) is 4.57 Å². The predicted molar refractivity (Wildman–Crippen MR) is 264 cm³/mol. The Hall–Kier alpha value is -8.20. The van der Waals surface area contributed by atoms with Crippen LogP contribution < -0.4 is 4.90 Å². The zero-order chi connectivity index (χ0) is 42.0. The van der Waals surface area contributed by atoms with Crippen molar-refractivity contribution >= 4 is 38.9 Å². The Labute approximate surface area is 372 Å². The fourth-order valence-corrected chi connectivity index (χ4v) is 12.3. The van der Waals surface area contributed by atoms with Gasteiger partial charge in [0.15, 0.2) is 0 Å². The molecule has 0 amide bonds. The van der Waals surface area contributed by atoms with E-state index >= 15 is 0 Å². The molecule has 2 nitrogen and oxygen atoms in total. The van der Waals surface area contributed by atoms with Crippen LogP contribution >= 0.6 is 0 Å². The normalized spacial score (nSPS) is 14.2. The predicted octanol–water partition coefficient (Wildman–Crippen LogP) is 15.4. The SMILES string of the molecule is c1ccc(N(c2ccc3c(c2)c2ccccc2n3C2(c3ccccc3)c3ccccc3-c3ccccc32)c2cccc3c2-c2ccccc2C32c3ccccc3-c3ccccc32)cc1. The lowest BCUT2D eigenvalue weighted by Gasteiger charge is -2.36. The van der Waals surface area contributed by atoms with Crippen LogP contribution in [-0.2, 0) is 11.0 Å². The summed E-state index contributed by atoms with van der Waals surface area (Å²) in [5, 5.41) is 2.44. The Morgan fingerprint density at radius 2 is 0.781 bits per heavy atom. The van der Waals surface area contributed by atoms with Crippen LogP contribution in [-0.4, -0.2) is 4.57 Å². The fraction of sp³-hybridized carbons (Fsp3) is 0.0323. The Morgan fingerprint density at radius 3 is 1.42 bits per heavy atom. The lowest BCUT2D eigenvalue weighted by atomic mass is 9.70. The zero-order valence-electron chi connectivity index (χ0n) is 35.0. The van der Waals surface area contributed by atoms with Crippen LogP contribution in [0, 0.1) is 0 Å². The van der Waals surface area contributed by atoms with E-state index < -0.39 is 11.0 Å². The first-order valence-electron chi connectivity index (χ1n) is 22.4. The van der Waals surface area contributed by atoms with Crippen LogP contribution in [0.5, 0.6) is 0 Å². The molecule has 1 spiro atoms. The van der Waals surface area contributed by atoms with Crippen molar-refractivity contribution in [2.24, 2.45) is 0 Å². The van der Waals surface area contributed by atoms with Gasteiger partial charge in [0.05, 0.1) is 22.1 Å². The molecule has 11 aromatic rings. The van der Waals surface area contributed by atoms with Gasteiger partial charge in [0.2, 0.25) is 0 Å². The summed E-state index contributed by atoms with van der Waals surface area (Å²) in [5.41, 5.74) is 21.7. The van der Waals surface area contributed by atoms with E-state index in [1.165, 1.54) is 94.1 Å². The molecule has 0 bridgehead atoms. The van der Waals surface area contributed by atoms with E-state index in [4.69, 9.17) is 0 Å². The highest BCUT2D eigenvalue weighted by Gasteiger charge is 2.52. The minimum absolute atomic E-state index is 0.436. The van der Waals surface area contributed by atoms with Crippen molar-refractivity contribution in [3.63, 3.8) is 0 Å². The Balaban J connectivity index is 1.06. The Morgan fingerprint density at radius 1 is 0.312 bits per heavy atom. The molecule has 298 valence electrons. The average Bonchev–Trinajstić information content (AvgIpc) is 4.06. The van der Waals surface area contributed by atoms with Gasteiger partial charge < -0.3 is 9.47 Å². The van der Waals surface area contributed by atoms with Crippen LogP contribution in [0.15, 0.2) is 243 Å². The van der Waals surface area contributed by atoms with E-state index in [1.54, 1.807) is 0 Å². The molecule has 0 atom stereocenters. The summed E-state index contributed by atoms with van der Waals surface area (Å²) in [5.74, 6) is 0. The second-order valence-electron chi connectivity index (χ2n) is 17.5. The van der Waals surface area contributed by atoms with Crippen molar-refractivity contribution in [3.05, 3.63) is 282 Å². The van der Waals surface area contributed by atoms with Gasteiger partial charge in [-0.3, -0.25) is 0 Å². The smallest absolute Gasteiger partial charge is 0.122 e. The third kappa shape index (κ3) is 4.39. The molecule has 0 aliphatic heterocycles. The maximum absolute atomic E-state index is 2.64. The van der Waals surface area contributed by atoms with Gasteiger partial charge in [-0.05, 0) is 109 Å². The molecule has 14 rings (SSSR count). The van der Waals surface area contributed by atoms with Gasteiger partial charge in [0.25, 0.3) is 0 Å². The third-order valence-corrected chi connectivity index (χ3v) is 14.6. The first-order valence-corrected chi connectivity index (χ1v) is 22.4. The van der Waals surface area contributed by atoms with Crippen molar-refractivity contribution < 1.29 is 0 Å².